The number of halogens is 1. The molecule has 0 bridgehead atoms. The zero-order valence-electron chi connectivity index (χ0n) is 17.0. The number of nitrogens with one attached hydrogen (secondary N) is 1. The highest BCUT2D eigenvalue weighted by Gasteiger charge is 2.19. The van der Waals surface area contributed by atoms with E-state index in [-0.39, 0.29) is 17.6 Å². The second-order valence-corrected chi connectivity index (χ2v) is 8.91. The van der Waals surface area contributed by atoms with Gasteiger partial charge < -0.3 is 14.8 Å². The predicted octanol–water partition coefficient (Wildman–Crippen LogP) is 3.82. The van der Waals surface area contributed by atoms with Crippen LogP contribution in [0.5, 0.6) is 0 Å². The summed E-state index contributed by atoms with van der Waals surface area (Å²) in [6.45, 7) is 4.39. The fraction of sp³-hybridized carbons (Fsp3) is 0.316. The maximum atomic E-state index is 12.4. The van der Waals surface area contributed by atoms with E-state index in [2.05, 4.69) is 20.5 Å². The maximum absolute atomic E-state index is 12.4. The number of amides is 2. The van der Waals surface area contributed by atoms with E-state index >= 15 is 0 Å². The minimum atomic E-state index is -0.229. The SMILES string of the molecule is CCn1c(SCC(=O)Nc2nc(C)c(C(=O)N(C)C)s2)nnc1-c1cccc(Cl)c1. The van der Waals surface area contributed by atoms with E-state index in [9.17, 15) is 9.59 Å². The molecule has 2 aromatic heterocycles. The number of benzene rings is 1. The Hall–Kier alpha value is -2.43. The molecule has 2 amide bonds. The number of rotatable bonds is 7. The van der Waals surface area contributed by atoms with Gasteiger partial charge in [0, 0.05) is 31.2 Å². The van der Waals surface area contributed by atoms with Gasteiger partial charge in [-0.2, -0.15) is 0 Å². The average molecular weight is 465 g/mol. The summed E-state index contributed by atoms with van der Waals surface area (Å²) in [6.07, 6.45) is 0. The van der Waals surface area contributed by atoms with Crippen molar-refractivity contribution in [2.75, 3.05) is 25.2 Å². The van der Waals surface area contributed by atoms with Crippen LogP contribution in [-0.4, -0.2) is 56.3 Å². The third-order valence-corrected chi connectivity index (χ3v) is 6.35. The van der Waals surface area contributed by atoms with Crippen molar-refractivity contribution in [1.29, 1.82) is 0 Å². The molecule has 0 unspecified atom stereocenters. The molecule has 30 heavy (non-hydrogen) atoms. The number of hydrogen-bond donors (Lipinski definition) is 1. The summed E-state index contributed by atoms with van der Waals surface area (Å²) in [4.78, 5) is 30.8. The Morgan fingerprint density at radius 2 is 2.07 bits per heavy atom. The van der Waals surface area contributed by atoms with Gasteiger partial charge in [-0.25, -0.2) is 4.98 Å². The van der Waals surface area contributed by atoms with Crippen LogP contribution in [0, 0.1) is 6.92 Å². The molecule has 1 aromatic carbocycles. The molecular formula is C19H21ClN6O2S2. The third-order valence-electron chi connectivity index (χ3n) is 4.09. The Kier molecular flexibility index (Phi) is 7.11. The smallest absolute Gasteiger partial charge is 0.265 e. The van der Waals surface area contributed by atoms with Gasteiger partial charge >= 0.3 is 0 Å². The molecule has 0 saturated carbocycles. The Bertz CT molecular complexity index is 1080. The first-order valence-corrected chi connectivity index (χ1v) is 11.3. The first kappa shape index (κ1) is 22.3. The van der Waals surface area contributed by atoms with Crippen LogP contribution in [0.4, 0.5) is 5.13 Å². The van der Waals surface area contributed by atoms with E-state index in [4.69, 9.17) is 11.6 Å². The molecule has 0 spiro atoms. The third kappa shape index (κ3) is 5.00. The van der Waals surface area contributed by atoms with Crippen LogP contribution in [0.15, 0.2) is 29.4 Å². The van der Waals surface area contributed by atoms with Gasteiger partial charge in [-0.05, 0) is 26.0 Å². The lowest BCUT2D eigenvalue weighted by atomic mass is 10.2. The summed E-state index contributed by atoms with van der Waals surface area (Å²) in [6, 6.07) is 7.41. The highest BCUT2D eigenvalue weighted by Crippen LogP contribution is 2.27. The fourth-order valence-electron chi connectivity index (χ4n) is 2.66. The van der Waals surface area contributed by atoms with Gasteiger partial charge in [0.2, 0.25) is 5.91 Å². The summed E-state index contributed by atoms with van der Waals surface area (Å²) in [7, 11) is 3.36. The van der Waals surface area contributed by atoms with Crippen LogP contribution in [0.1, 0.15) is 22.3 Å². The lowest BCUT2D eigenvalue weighted by molar-refractivity contribution is -0.113. The number of nitrogens with zero attached hydrogens (tertiary/aromatic N) is 5. The zero-order valence-corrected chi connectivity index (χ0v) is 19.4. The first-order chi connectivity index (χ1) is 14.3. The Balaban J connectivity index is 1.67. The molecule has 0 fully saturated rings. The van der Waals surface area contributed by atoms with E-state index in [0.29, 0.717) is 38.3 Å². The van der Waals surface area contributed by atoms with Crippen molar-refractivity contribution < 1.29 is 9.59 Å². The maximum Gasteiger partial charge on any atom is 0.265 e. The molecule has 1 N–H and O–H groups in total. The molecule has 0 aliphatic rings. The number of hydrogen-bond acceptors (Lipinski definition) is 7. The lowest BCUT2D eigenvalue weighted by Crippen LogP contribution is -2.21. The summed E-state index contributed by atoms with van der Waals surface area (Å²) < 4.78 is 1.94. The summed E-state index contributed by atoms with van der Waals surface area (Å²) >= 11 is 8.54. The Labute approximate surface area is 187 Å². The van der Waals surface area contributed by atoms with E-state index in [0.717, 1.165) is 5.56 Å². The molecule has 3 rings (SSSR count). The molecule has 158 valence electrons. The van der Waals surface area contributed by atoms with Crippen LogP contribution in [0.2, 0.25) is 5.02 Å². The normalized spacial score (nSPS) is 10.8. The van der Waals surface area contributed by atoms with Crippen LogP contribution < -0.4 is 5.32 Å². The van der Waals surface area contributed by atoms with Crippen LogP contribution in [0.25, 0.3) is 11.4 Å². The molecule has 8 nitrogen and oxygen atoms in total. The van der Waals surface area contributed by atoms with E-state index < -0.39 is 0 Å². The number of aromatic nitrogens is 4. The highest BCUT2D eigenvalue weighted by atomic mass is 35.5. The summed E-state index contributed by atoms with van der Waals surface area (Å²) in [5.41, 5.74) is 1.46. The number of aryl methyl sites for hydroxylation is 1. The predicted molar refractivity (Wildman–Crippen MR) is 120 cm³/mol. The Morgan fingerprint density at radius 1 is 1.30 bits per heavy atom. The van der Waals surface area contributed by atoms with Crippen LogP contribution >= 0.6 is 34.7 Å². The summed E-state index contributed by atoms with van der Waals surface area (Å²) in [5.74, 6) is 0.478. The molecule has 0 aliphatic carbocycles. The second kappa shape index (κ2) is 9.59. The quantitative estimate of drug-likeness (QED) is 0.534. The molecule has 0 radical (unpaired) electrons. The minimum Gasteiger partial charge on any atom is -0.344 e. The molecule has 2 heterocycles. The van der Waals surface area contributed by atoms with Gasteiger partial charge in [0.15, 0.2) is 16.1 Å². The van der Waals surface area contributed by atoms with Gasteiger partial charge in [-0.3, -0.25) is 9.59 Å². The highest BCUT2D eigenvalue weighted by molar-refractivity contribution is 7.99. The lowest BCUT2D eigenvalue weighted by Gasteiger charge is -2.08. The molecule has 0 aliphatic heterocycles. The van der Waals surface area contributed by atoms with E-state index in [1.54, 1.807) is 27.1 Å². The summed E-state index contributed by atoms with van der Waals surface area (Å²) in [5, 5.41) is 12.9. The zero-order chi connectivity index (χ0) is 21.8. The van der Waals surface area contributed by atoms with Gasteiger partial charge in [-0.1, -0.05) is 46.8 Å². The van der Waals surface area contributed by atoms with Crippen molar-refractivity contribution in [1.82, 2.24) is 24.6 Å². The van der Waals surface area contributed by atoms with E-state index in [1.165, 1.54) is 28.0 Å². The first-order valence-electron chi connectivity index (χ1n) is 9.11. The molecule has 3 aromatic rings. The number of anilines is 1. The largest absolute Gasteiger partial charge is 0.344 e. The number of thiazole rings is 1. The van der Waals surface area contributed by atoms with Crippen LogP contribution in [-0.2, 0) is 11.3 Å². The van der Waals surface area contributed by atoms with Gasteiger partial charge in [0.05, 0.1) is 11.4 Å². The minimum absolute atomic E-state index is 0.135. The monoisotopic (exact) mass is 464 g/mol. The van der Waals surface area contributed by atoms with Gasteiger partial charge in [-0.15, -0.1) is 10.2 Å². The molecular weight excluding hydrogens is 444 g/mol. The van der Waals surface area contributed by atoms with Crippen molar-refractivity contribution in [2.45, 2.75) is 25.5 Å². The number of carbonyl (C=O) groups is 2. The van der Waals surface area contributed by atoms with Crippen molar-refractivity contribution >= 4 is 51.6 Å². The van der Waals surface area contributed by atoms with Crippen molar-refractivity contribution in [3.8, 4) is 11.4 Å². The number of carbonyl (C=O) groups excluding carboxylic acids is 2. The topological polar surface area (TPSA) is 93.0 Å². The molecule has 11 heteroatoms. The van der Waals surface area contributed by atoms with Crippen molar-refractivity contribution in [3.63, 3.8) is 0 Å². The molecule has 0 atom stereocenters. The van der Waals surface area contributed by atoms with Crippen molar-refractivity contribution in [3.05, 3.63) is 39.9 Å². The fourth-order valence-corrected chi connectivity index (χ4v) is 4.66. The Morgan fingerprint density at radius 3 is 2.73 bits per heavy atom. The average Bonchev–Trinajstić information content (AvgIpc) is 3.28. The van der Waals surface area contributed by atoms with Gasteiger partial charge in [0.1, 0.15) is 4.88 Å². The standard InChI is InChI=1S/C19H21ClN6O2S2/c1-5-26-16(12-7-6-8-13(20)9-12)23-24-19(26)29-10-14(27)22-18-21-11(2)15(30-18)17(28)25(3)4/h6-9H,5,10H2,1-4H3,(H,21,22,27). The second-order valence-electron chi connectivity index (χ2n) is 6.53. The van der Waals surface area contributed by atoms with Crippen molar-refractivity contribution in [2.24, 2.45) is 0 Å². The number of thioether (sulfide) groups is 1. The van der Waals surface area contributed by atoms with Gasteiger partial charge in [0.25, 0.3) is 5.91 Å². The van der Waals surface area contributed by atoms with Crippen LogP contribution in [0.3, 0.4) is 0 Å². The van der Waals surface area contributed by atoms with E-state index in [1.807, 2.05) is 29.7 Å². The molecule has 0 saturated heterocycles.